The number of hydrogen-bond donors (Lipinski definition) is 4. The predicted molar refractivity (Wildman–Crippen MR) is 119 cm³/mol. The van der Waals surface area contributed by atoms with Crippen molar-refractivity contribution in [2.24, 2.45) is 0 Å². The van der Waals surface area contributed by atoms with Crippen LogP contribution in [-0.4, -0.2) is 43.9 Å². The number of hydrogen-bond acceptors (Lipinski definition) is 8. The van der Waals surface area contributed by atoms with Crippen molar-refractivity contribution in [3.8, 4) is 0 Å². The second kappa shape index (κ2) is 23.2. The molecule has 0 unspecified atom stereocenters. The molecule has 0 spiro atoms. The van der Waals surface area contributed by atoms with Crippen LogP contribution in [0.3, 0.4) is 0 Å². The van der Waals surface area contributed by atoms with Gasteiger partial charge < -0.3 is 40.2 Å². The Kier molecular flexibility index (Phi) is 25.9. The molecular formula is C24H46O8Zn. The van der Waals surface area contributed by atoms with Crippen molar-refractivity contribution >= 4 is 11.9 Å². The number of carbonyl (C=O) groups excluding carboxylic acids is 2. The van der Waals surface area contributed by atoms with Crippen molar-refractivity contribution in [2.75, 3.05) is 0 Å². The van der Waals surface area contributed by atoms with Gasteiger partial charge in [-0.2, -0.15) is 0 Å². The van der Waals surface area contributed by atoms with E-state index >= 15 is 0 Å². The second-order valence-electron chi connectivity index (χ2n) is 8.66. The van der Waals surface area contributed by atoms with Crippen LogP contribution in [0.25, 0.3) is 0 Å². The Morgan fingerprint density at radius 3 is 0.939 bits per heavy atom. The first-order valence-corrected chi connectivity index (χ1v) is 12.3. The summed E-state index contributed by atoms with van der Waals surface area (Å²) in [6, 6.07) is 0. The van der Waals surface area contributed by atoms with E-state index in [0.29, 0.717) is 12.8 Å². The summed E-state index contributed by atoms with van der Waals surface area (Å²) >= 11 is 0. The van der Waals surface area contributed by atoms with E-state index in [1.165, 1.54) is 51.4 Å². The average Bonchev–Trinajstić information content (AvgIpc) is 2.72. The minimum Gasteiger partial charge on any atom is -0.544 e. The predicted octanol–water partition coefficient (Wildman–Crippen LogP) is 1.89. The molecule has 0 saturated heterocycles. The molecule has 0 aromatic heterocycles. The van der Waals surface area contributed by atoms with Crippen molar-refractivity contribution in [3.05, 3.63) is 0 Å². The van der Waals surface area contributed by atoms with E-state index in [1.807, 2.05) is 0 Å². The van der Waals surface area contributed by atoms with Crippen molar-refractivity contribution in [2.45, 2.75) is 141 Å². The Bertz CT molecular complexity index is 427. The Morgan fingerprint density at radius 1 is 0.515 bits per heavy atom. The zero-order valence-corrected chi connectivity index (χ0v) is 23.8. The molecule has 0 aliphatic rings. The molecule has 0 radical (unpaired) electrons. The van der Waals surface area contributed by atoms with E-state index in [0.717, 1.165) is 38.5 Å². The van der Waals surface area contributed by atoms with Gasteiger partial charge in [-0.1, -0.05) is 104 Å². The molecule has 0 heterocycles. The quantitative estimate of drug-likeness (QED) is 0.106. The zero-order chi connectivity index (χ0) is 24.9. The van der Waals surface area contributed by atoms with Crippen LogP contribution in [0.1, 0.15) is 129 Å². The molecule has 33 heavy (non-hydrogen) atoms. The fourth-order valence-electron chi connectivity index (χ4n) is 3.21. The van der Waals surface area contributed by atoms with Crippen LogP contribution in [0, 0.1) is 0 Å². The Labute approximate surface area is 212 Å². The average molecular weight is 528 g/mol. The van der Waals surface area contributed by atoms with Crippen molar-refractivity contribution < 1.29 is 59.7 Å². The fourth-order valence-corrected chi connectivity index (χ4v) is 3.21. The van der Waals surface area contributed by atoms with Crippen LogP contribution in [0.5, 0.6) is 0 Å². The number of carbonyl (C=O) groups is 2. The molecule has 0 amide bonds. The third-order valence-electron chi connectivity index (χ3n) is 5.41. The van der Waals surface area contributed by atoms with Gasteiger partial charge in [-0.05, 0) is 12.8 Å². The molecule has 0 bridgehead atoms. The summed E-state index contributed by atoms with van der Waals surface area (Å²) in [6.07, 6.45) is 16.6. The van der Waals surface area contributed by atoms with Gasteiger partial charge in [0.1, 0.15) is 11.9 Å². The van der Waals surface area contributed by atoms with E-state index in [4.69, 9.17) is 20.4 Å². The van der Waals surface area contributed by atoms with Gasteiger partial charge in [0.05, 0.1) is 0 Å². The molecule has 0 aliphatic heterocycles. The van der Waals surface area contributed by atoms with Crippen molar-refractivity contribution in [1.29, 1.82) is 0 Å². The number of aliphatic carboxylic acids is 2. The maximum Gasteiger partial charge on any atom is 2.00 e. The molecule has 0 rings (SSSR count). The van der Waals surface area contributed by atoms with Crippen molar-refractivity contribution in [3.63, 3.8) is 0 Å². The Hall–Kier alpha value is -0.597. The SMILES string of the molecule is CCCCCCCCCCC(O)(O)C(=O)[O-].CCCCCCCCCCC(O)(O)C(=O)[O-].[Zn+2]. The van der Waals surface area contributed by atoms with Crippen LogP contribution in [0.15, 0.2) is 0 Å². The first-order chi connectivity index (χ1) is 15.0. The van der Waals surface area contributed by atoms with E-state index in [1.54, 1.807) is 0 Å². The summed E-state index contributed by atoms with van der Waals surface area (Å²) < 4.78 is 0. The number of aliphatic hydroxyl groups is 4. The maximum atomic E-state index is 10.2. The molecule has 0 atom stereocenters. The largest absolute Gasteiger partial charge is 2.00 e. The summed E-state index contributed by atoms with van der Waals surface area (Å²) in [5.74, 6) is -8.92. The number of carboxylic acids is 2. The molecule has 8 nitrogen and oxygen atoms in total. The van der Waals surface area contributed by atoms with E-state index in [-0.39, 0.29) is 32.3 Å². The van der Waals surface area contributed by atoms with Crippen LogP contribution in [-0.2, 0) is 29.1 Å². The molecule has 0 saturated carbocycles. The van der Waals surface area contributed by atoms with Gasteiger partial charge in [0.25, 0.3) is 0 Å². The summed E-state index contributed by atoms with van der Waals surface area (Å²) in [5.41, 5.74) is 0. The normalized spacial score (nSPS) is 11.3. The number of carboxylic acid groups (broad SMARTS) is 2. The van der Waals surface area contributed by atoms with Crippen LogP contribution < -0.4 is 10.2 Å². The summed E-state index contributed by atoms with van der Waals surface area (Å²) in [7, 11) is 0. The zero-order valence-electron chi connectivity index (χ0n) is 20.9. The smallest absolute Gasteiger partial charge is 0.544 e. The van der Waals surface area contributed by atoms with Gasteiger partial charge >= 0.3 is 19.5 Å². The third-order valence-corrected chi connectivity index (χ3v) is 5.41. The van der Waals surface area contributed by atoms with Crippen LogP contribution in [0.2, 0.25) is 0 Å². The van der Waals surface area contributed by atoms with E-state index < -0.39 is 23.5 Å². The van der Waals surface area contributed by atoms with Crippen molar-refractivity contribution in [1.82, 2.24) is 0 Å². The Morgan fingerprint density at radius 2 is 0.727 bits per heavy atom. The minimum atomic E-state index is -2.65. The van der Waals surface area contributed by atoms with Crippen LogP contribution in [0.4, 0.5) is 0 Å². The molecule has 0 aliphatic carbocycles. The van der Waals surface area contributed by atoms with Gasteiger partial charge in [-0.15, -0.1) is 0 Å². The molecular weight excluding hydrogens is 482 g/mol. The Balaban J connectivity index is -0.000000529. The first-order valence-electron chi connectivity index (χ1n) is 12.3. The molecule has 192 valence electrons. The van der Waals surface area contributed by atoms with Gasteiger partial charge in [-0.25, -0.2) is 0 Å². The second-order valence-corrected chi connectivity index (χ2v) is 8.66. The molecule has 0 fully saturated rings. The number of unbranched alkanes of at least 4 members (excludes halogenated alkanes) is 14. The molecule has 9 heteroatoms. The van der Waals surface area contributed by atoms with Crippen LogP contribution >= 0.6 is 0 Å². The van der Waals surface area contributed by atoms with E-state index in [9.17, 15) is 19.8 Å². The van der Waals surface area contributed by atoms with Gasteiger partial charge in [-0.3, -0.25) is 0 Å². The molecule has 0 aromatic rings. The standard InChI is InChI=1S/2C12H24O4.Zn/c2*1-2-3-4-5-6-7-8-9-10-12(15,16)11(13)14;/h2*15-16H,2-10H2,1H3,(H,13,14);/q;;+2/p-2. The van der Waals surface area contributed by atoms with Gasteiger partial charge in [0, 0.05) is 12.8 Å². The molecule has 0 aromatic carbocycles. The van der Waals surface area contributed by atoms with E-state index in [2.05, 4.69) is 13.8 Å². The third kappa shape index (κ3) is 24.3. The fraction of sp³-hybridized carbons (Fsp3) is 0.917. The minimum absolute atomic E-state index is 0. The summed E-state index contributed by atoms with van der Waals surface area (Å²) in [5, 5.41) is 56.3. The van der Waals surface area contributed by atoms with Gasteiger partial charge in [0.15, 0.2) is 0 Å². The monoisotopic (exact) mass is 526 g/mol. The summed E-state index contributed by atoms with van der Waals surface area (Å²) in [6.45, 7) is 4.34. The number of rotatable bonds is 20. The first kappa shape index (κ1) is 37.0. The van der Waals surface area contributed by atoms with Gasteiger partial charge in [0.2, 0.25) is 11.6 Å². The topological polar surface area (TPSA) is 161 Å². The molecule has 4 N–H and O–H groups in total. The summed E-state index contributed by atoms with van der Waals surface area (Å²) in [4.78, 5) is 20.5. The maximum absolute atomic E-state index is 10.2.